The molecule has 0 aromatic carbocycles. The van der Waals surface area contributed by atoms with Gasteiger partial charge in [0.2, 0.25) is 0 Å². The van der Waals surface area contributed by atoms with Crippen LogP contribution in [0.4, 0.5) is 0 Å². The van der Waals surface area contributed by atoms with Gasteiger partial charge in [-0.15, -0.1) is 6.58 Å². The molecule has 0 aromatic rings. The summed E-state index contributed by atoms with van der Waals surface area (Å²) in [6.07, 6.45) is 8.49. The molecule has 2 atom stereocenters. The van der Waals surface area contributed by atoms with Crippen molar-refractivity contribution in [2.45, 2.75) is 77.4 Å². The number of Topliss-reactive ketones (excluding diaryl/α,β-unsaturated/α-hetero) is 1. The fourth-order valence-electron chi connectivity index (χ4n) is 2.22. The van der Waals surface area contributed by atoms with Gasteiger partial charge in [0.15, 0.2) is 0 Å². The number of hydrogen-bond acceptors (Lipinski definition) is 4. The maximum absolute atomic E-state index is 11.8. The summed E-state index contributed by atoms with van der Waals surface area (Å²) in [5.41, 5.74) is 0. The maximum atomic E-state index is 11.8. The molecule has 0 aromatic heterocycles. The number of methoxy groups -OCH3 is 1. The fourth-order valence-corrected chi connectivity index (χ4v) is 2.22. The Balaban J connectivity index is 3.83. The second-order valence-electron chi connectivity index (χ2n) is 5.55. The third-order valence-electron chi connectivity index (χ3n) is 3.32. The van der Waals surface area contributed by atoms with Crippen molar-refractivity contribution in [3.8, 4) is 0 Å². The lowest BCUT2D eigenvalue weighted by Gasteiger charge is -2.17. The van der Waals surface area contributed by atoms with Gasteiger partial charge in [-0.2, -0.15) is 0 Å². The maximum Gasteiger partial charge on any atom is 0.308 e. The highest BCUT2D eigenvalue weighted by Gasteiger charge is 2.17. The molecule has 0 unspecified atom stereocenters. The van der Waals surface area contributed by atoms with Crippen molar-refractivity contribution in [1.29, 1.82) is 0 Å². The minimum atomic E-state index is -0.355. The third-order valence-corrected chi connectivity index (χ3v) is 3.32. The van der Waals surface area contributed by atoms with Gasteiger partial charge in [0.05, 0.1) is 12.5 Å². The van der Waals surface area contributed by atoms with Crippen molar-refractivity contribution in [1.82, 2.24) is 0 Å². The quantitative estimate of drug-likeness (QED) is 0.294. The predicted molar refractivity (Wildman–Crippen MR) is 84.2 cm³/mol. The van der Waals surface area contributed by atoms with Crippen LogP contribution in [-0.4, -0.2) is 31.1 Å². The molecule has 0 rings (SSSR count). The van der Waals surface area contributed by atoms with E-state index < -0.39 is 0 Å². The van der Waals surface area contributed by atoms with E-state index in [-0.39, 0.29) is 36.8 Å². The topological polar surface area (TPSA) is 52.6 Å². The van der Waals surface area contributed by atoms with Crippen LogP contribution >= 0.6 is 0 Å². The van der Waals surface area contributed by atoms with E-state index in [0.29, 0.717) is 0 Å². The van der Waals surface area contributed by atoms with Crippen molar-refractivity contribution in [3.05, 3.63) is 12.7 Å². The van der Waals surface area contributed by atoms with Crippen LogP contribution in [0.1, 0.15) is 65.2 Å². The molecule has 0 fully saturated rings. The number of allylic oxidation sites excluding steroid dienone is 1. The molecule has 122 valence electrons. The molecule has 0 amide bonds. The lowest BCUT2D eigenvalue weighted by atomic mass is 10.1. The Morgan fingerprint density at radius 1 is 1.14 bits per heavy atom. The van der Waals surface area contributed by atoms with Crippen LogP contribution in [0, 0.1) is 0 Å². The molecule has 0 radical (unpaired) electrons. The SMILES string of the molecule is C=CCCCCCC[C@H](CC(=O)O[C@H](C)CC(C)=O)OC. The van der Waals surface area contributed by atoms with E-state index in [1.165, 1.54) is 19.8 Å². The van der Waals surface area contributed by atoms with Gasteiger partial charge in [-0.25, -0.2) is 0 Å². The highest BCUT2D eigenvalue weighted by Crippen LogP contribution is 2.13. The number of ketones is 1. The summed E-state index contributed by atoms with van der Waals surface area (Å²) in [7, 11) is 1.62. The zero-order valence-corrected chi connectivity index (χ0v) is 13.7. The smallest absolute Gasteiger partial charge is 0.308 e. The van der Waals surface area contributed by atoms with Crippen LogP contribution in [0.3, 0.4) is 0 Å². The molecule has 4 nitrogen and oxygen atoms in total. The number of carbonyl (C=O) groups is 2. The molecule has 0 aliphatic rings. The molecule has 0 aliphatic carbocycles. The zero-order valence-electron chi connectivity index (χ0n) is 13.7. The molecule has 0 spiro atoms. The van der Waals surface area contributed by atoms with Crippen LogP contribution in [0.25, 0.3) is 0 Å². The van der Waals surface area contributed by atoms with E-state index in [1.54, 1.807) is 14.0 Å². The van der Waals surface area contributed by atoms with E-state index in [1.807, 2.05) is 6.08 Å². The summed E-state index contributed by atoms with van der Waals surface area (Å²) in [5.74, 6) is -0.264. The molecule has 0 bridgehead atoms. The largest absolute Gasteiger partial charge is 0.462 e. The average molecular weight is 298 g/mol. The van der Waals surface area contributed by atoms with Crippen LogP contribution < -0.4 is 0 Å². The minimum Gasteiger partial charge on any atom is -0.462 e. The van der Waals surface area contributed by atoms with Crippen LogP contribution in [0.5, 0.6) is 0 Å². The number of carbonyl (C=O) groups excluding carboxylic acids is 2. The highest BCUT2D eigenvalue weighted by molar-refractivity contribution is 5.76. The van der Waals surface area contributed by atoms with Gasteiger partial charge < -0.3 is 9.47 Å². The summed E-state index contributed by atoms with van der Waals surface area (Å²) in [4.78, 5) is 22.7. The minimum absolute atomic E-state index is 0.0260. The Morgan fingerprint density at radius 3 is 2.38 bits per heavy atom. The third kappa shape index (κ3) is 12.3. The van der Waals surface area contributed by atoms with Crippen LogP contribution in [-0.2, 0) is 19.1 Å². The average Bonchev–Trinajstić information content (AvgIpc) is 2.40. The standard InChI is InChI=1S/C17H30O4/c1-5-6-7-8-9-10-11-16(20-4)13-17(19)21-15(3)12-14(2)18/h5,15-16H,1,6-13H2,2-4H3/t15-,16-/m1/s1. The summed E-state index contributed by atoms with van der Waals surface area (Å²) >= 11 is 0. The van der Waals surface area contributed by atoms with Gasteiger partial charge >= 0.3 is 5.97 Å². The first-order valence-corrected chi connectivity index (χ1v) is 7.82. The lowest BCUT2D eigenvalue weighted by Crippen LogP contribution is -2.22. The summed E-state index contributed by atoms with van der Waals surface area (Å²) in [6, 6.07) is 0. The predicted octanol–water partition coefficient (Wildman–Crippen LogP) is 3.83. The van der Waals surface area contributed by atoms with Gasteiger partial charge in [0.25, 0.3) is 0 Å². The van der Waals surface area contributed by atoms with Crippen molar-refractivity contribution in [2.24, 2.45) is 0 Å². The first-order chi connectivity index (χ1) is 9.99. The Bertz CT molecular complexity index is 312. The van der Waals surface area contributed by atoms with Gasteiger partial charge in [-0.3, -0.25) is 9.59 Å². The Hall–Kier alpha value is -1.16. The number of rotatable bonds is 13. The van der Waals surface area contributed by atoms with Crippen molar-refractivity contribution < 1.29 is 19.1 Å². The normalized spacial score (nSPS) is 13.5. The summed E-state index contributed by atoms with van der Waals surface area (Å²) in [6.45, 7) is 6.93. The first-order valence-electron chi connectivity index (χ1n) is 7.82. The second-order valence-corrected chi connectivity index (χ2v) is 5.55. The second kappa shape index (κ2) is 12.6. The summed E-state index contributed by atoms with van der Waals surface area (Å²) in [5, 5.41) is 0. The van der Waals surface area contributed by atoms with E-state index in [9.17, 15) is 9.59 Å². The number of hydrogen-bond donors (Lipinski definition) is 0. The summed E-state index contributed by atoms with van der Waals surface area (Å²) < 4.78 is 10.5. The van der Waals surface area contributed by atoms with Gasteiger partial charge in [-0.05, 0) is 33.1 Å². The molecule has 21 heavy (non-hydrogen) atoms. The molecular formula is C17H30O4. The molecule has 0 N–H and O–H groups in total. The highest BCUT2D eigenvalue weighted by atomic mass is 16.5. The first kappa shape index (κ1) is 19.8. The fraction of sp³-hybridized carbons (Fsp3) is 0.765. The van der Waals surface area contributed by atoms with Gasteiger partial charge in [-0.1, -0.05) is 25.3 Å². The van der Waals surface area contributed by atoms with Gasteiger partial charge in [0, 0.05) is 13.5 Å². The Morgan fingerprint density at radius 2 is 1.81 bits per heavy atom. The molecule has 0 saturated heterocycles. The van der Waals surface area contributed by atoms with E-state index in [2.05, 4.69) is 6.58 Å². The number of ether oxygens (including phenoxy) is 2. The van der Waals surface area contributed by atoms with Gasteiger partial charge in [0.1, 0.15) is 11.9 Å². The van der Waals surface area contributed by atoms with Crippen molar-refractivity contribution >= 4 is 11.8 Å². The molecule has 0 aliphatic heterocycles. The van der Waals surface area contributed by atoms with Crippen molar-refractivity contribution in [2.75, 3.05) is 7.11 Å². The molecular weight excluding hydrogens is 268 g/mol. The Labute approximate surface area is 128 Å². The van der Waals surface area contributed by atoms with Crippen LogP contribution in [0.15, 0.2) is 12.7 Å². The zero-order chi connectivity index (χ0) is 16.1. The number of unbranched alkanes of at least 4 members (excludes halogenated alkanes) is 4. The molecule has 4 heteroatoms. The van der Waals surface area contributed by atoms with Crippen molar-refractivity contribution in [3.63, 3.8) is 0 Å². The van der Waals surface area contributed by atoms with E-state index >= 15 is 0 Å². The molecule has 0 saturated carbocycles. The Kier molecular flexibility index (Phi) is 11.9. The monoisotopic (exact) mass is 298 g/mol. The van der Waals surface area contributed by atoms with E-state index in [4.69, 9.17) is 9.47 Å². The van der Waals surface area contributed by atoms with E-state index in [0.717, 1.165) is 25.7 Å². The molecule has 0 heterocycles. The lowest BCUT2D eigenvalue weighted by molar-refractivity contribution is -0.151. The van der Waals surface area contributed by atoms with Crippen LogP contribution in [0.2, 0.25) is 0 Å². The number of esters is 1.